The number of nitrogens with zero attached hydrogens (tertiary/aromatic N) is 4. The molecular weight excluding hydrogens is 332 g/mol. The van der Waals surface area contributed by atoms with E-state index in [0.717, 1.165) is 23.3 Å². The predicted molar refractivity (Wildman–Crippen MR) is 94.0 cm³/mol. The van der Waals surface area contributed by atoms with Gasteiger partial charge in [-0.05, 0) is 30.5 Å². The summed E-state index contributed by atoms with van der Waals surface area (Å²) in [5.74, 6) is 0.610. The van der Waals surface area contributed by atoms with Crippen LogP contribution < -0.4 is 11.2 Å². The molecule has 4 heterocycles. The van der Waals surface area contributed by atoms with E-state index in [1.54, 1.807) is 23.1 Å². The van der Waals surface area contributed by atoms with Crippen LogP contribution >= 0.6 is 0 Å². The summed E-state index contributed by atoms with van der Waals surface area (Å²) in [5.41, 5.74) is 2.66. The molecular formula is C18H14N6O2. The first kappa shape index (κ1) is 14.8. The minimum absolute atomic E-state index is 0.276. The summed E-state index contributed by atoms with van der Waals surface area (Å²) in [4.78, 5) is 37.0. The molecule has 0 bridgehead atoms. The first-order valence-corrected chi connectivity index (χ1v) is 8.28. The van der Waals surface area contributed by atoms with Crippen LogP contribution in [0.1, 0.15) is 29.5 Å². The molecule has 2 atom stereocenters. The molecule has 0 saturated heterocycles. The third kappa shape index (κ3) is 2.34. The Balaban J connectivity index is 1.63. The summed E-state index contributed by atoms with van der Waals surface area (Å²) in [6, 6.07) is 7.81. The number of pyridine rings is 1. The van der Waals surface area contributed by atoms with Crippen LogP contribution in [0, 0.1) is 0 Å². The van der Waals surface area contributed by atoms with Crippen molar-refractivity contribution in [3.05, 3.63) is 81.1 Å². The van der Waals surface area contributed by atoms with Gasteiger partial charge in [0.15, 0.2) is 5.65 Å². The van der Waals surface area contributed by atoms with Crippen molar-refractivity contribution in [3.63, 3.8) is 0 Å². The Morgan fingerprint density at radius 1 is 1.12 bits per heavy atom. The number of aromatic amines is 2. The zero-order chi connectivity index (χ0) is 17.7. The van der Waals surface area contributed by atoms with E-state index in [4.69, 9.17) is 0 Å². The fourth-order valence-electron chi connectivity index (χ4n) is 3.41. The van der Waals surface area contributed by atoms with Crippen molar-refractivity contribution in [2.75, 3.05) is 0 Å². The molecule has 0 spiro atoms. The molecule has 1 unspecified atom stereocenters. The van der Waals surface area contributed by atoms with E-state index < -0.39 is 11.2 Å². The average Bonchev–Trinajstić information content (AvgIpc) is 3.30. The lowest BCUT2D eigenvalue weighted by Gasteiger charge is -2.07. The molecule has 8 nitrogen and oxygen atoms in total. The van der Waals surface area contributed by atoms with Crippen LogP contribution in [0.15, 0.2) is 58.6 Å². The molecule has 0 aliphatic heterocycles. The third-order valence-corrected chi connectivity index (χ3v) is 4.74. The fourth-order valence-corrected chi connectivity index (χ4v) is 3.41. The van der Waals surface area contributed by atoms with Crippen molar-refractivity contribution < 1.29 is 0 Å². The van der Waals surface area contributed by atoms with E-state index in [2.05, 4.69) is 25.0 Å². The second-order valence-corrected chi connectivity index (χ2v) is 6.37. The van der Waals surface area contributed by atoms with Crippen molar-refractivity contribution in [1.29, 1.82) is 0 Å². The number of rotatable bonds is 3. The first-order chi connectivity index (χ1) is 12.7. The van der Waals surface area contributed by atoms with Crippen LogP contribution in [0.25, 0.3) is 16.9 Å². The van der Waals surface area contributed by atoms with Gasteiger partial charge in [0.2, 0.25) is 0 Å². The molecule has 2 N–H and O–H groups in total. The van der Waals surface area contributed by atoms with Gasteiger partial charge in [-0.25, -0.2) is 14.3 Å². The van der Waals surface area contributed by atoms with E-state index in [9.17, 15) is 9.59 Å². The van der Waals surface area contributed by atoms with Gasteiger partial charge in [-0.15, -0.1) is 0 Å². The number of imidazole rings is 1. The van der Waals surface area contributed by atoms with Crippen molar-refractivity contribution in [2.24, 2.45) is 0 Å². The number of aromatic nitrogens is 6. The van der Waals surface area contributed by atoms with Crippen molar-refractivity contribution in [1.82, 2.24) is 29.5 Å². The Morgan fingerprint density at radius 3 is 2.85 bits per heavy atom. The maximum Gasteiger partial charge on any atom is 0.325 e. The second kappa shape index (κ2) is 5.48. The summed E-state index contributed by atoms with van der Waals surface area (Å²) in [6.45, 7) is 0. The van der Waals surface area contributed by atoms with E-state index in [1.165, 1.54) is 6.20 Å². The van der Waals surface area contributed by atoms with Crippen LogP contribution in [0.4, 0.5) is 0 Å². The van der Waals surface area contributed by atoms with Crippen molar-refractivity contribution in [3.8, 4) is 11.3 Å². The highest BCUT2D eigenvalue weighted by Gasteiger charge is 2.42. The lowest BCUT2D eigenvalue weighted by atomic mass is 10.1. The van der Waals surface area contributed by atoms with Crippen LogP contribution in [-0.4, -0.2) is 29.5 Å². The fraction of sp³-hybridized carbons (Fsp3) is 0.167. The highest BCUT2D eigenvalue weighted by atomic mass is 16.2. The second-order valence-electron chi connectivity index (χ2n) is 6.37. The number of nitrogens with one attached hydrogen (secondary N) is 2. The van der Waals surface area contributed by atoms with Gasteiger partial charge in [-0.3, -0.25) is 14.8 Å². The number of H-pyrrole nitrogens is 2. The van der Waals surface area contributed by atoms with E-state index in [0.29, 0.717) is 17.2 Å². The Bertz CT molecular complexity index is 1220. The Kier molecular flexibility index (Phi) is 3.11. The molecule has 128 valence electrons. The van der Waals surface area contributed by atoms with Gasteiger partial charge in [-0.2, -0.15) is 5.10 Å². The molecule has 0 radical (unpaired) electrons. The molecule has 1 aliphatic rings. The lowest BCUT2D eigenvalue weighted by Crippen LogP contribution is -2.23. The molecule has 8 heteroatoms. The Labute approximate surface area is 146 Å². The molecule has 0 aromatic carbocycles. The lowest BCUT2D eigenvalue weighted by molar-refractivity contribution is 0.899. The number of hydrogen-bond donors (Lipinski definition) is 2. The highest BCUT2D eigenvalue weighted by molar-refractivity contribution is 5.63. The largest absolute Gasteiger partial charge is 0.325 e. The standard InChI is InChI=1S/C18H14N6O2/c25-17-13(9-21-18(26)22-17)15-8-12(16-20-5-6-24(16)23-15)10-7-11(10)14-3-1-2-4-19-14/h1-6,8-11H,7H2,(H2,21,22,25,26)/t10-,11?/m0/s1. The third-order valence-electron chi connectivity index (χ3n) is 4.74. The SMILES string of the molecule is O=c1[nH]cc(-c2cc([C@H]3CC3c3ccccn3)c3nccn3n2)c(=O)[nH]1. The quantitative estimate of drug-likeness (QED) is 0.583. The molecule has 1 saturated carbocycles. The van der Waals surface area contributed by atoms with Gasteiger partial charge < -0.3 is 4.98 Å². The van der Waals surface area contributed by atoms with Gasteiger partial charge >= 0.3 is 5.69 Å². The summed E-state index contributed by atoms with van der Waals surface area (Å²) in [7, 11) is 0. The molecule has 5 rings (SSSR count). The zero-order valence-corrected chi connectivity index (χ0v) is 13.6. The van der Waals surface area contributed by atoms with Crippen molar-refractivity contribution in [2.45, 2.75) is 18.3 Å². The summed E-state index contributed by atoms with van der Waals surface area (Å²) >= 11 is 0. The van der Waals surface area contributed by atoms with Crippen LogP contribution in [0.2, 0.25) is 0 Å². The first-order valence-electron chi connectivity index (χ1n) is 8.28. The summed E-state index contributed by atoms with van der Waals surface area (Å²) in [6.07, 6.45) is 7.60. The van der Waals surface area contributed by atoms with E-state index in [-0.39, 0.29) is 5.92 Å². The molecule has 4 aromatic heterocycles. The maximum atomic E-state index is 12.1. The summed E-state index contributed by atoms with van der Waals surface area (Å²) in [5, 5.41) is 4.46. The smallest absolute Gasteiger partial charge is 0.313 e. The maximum absolute atomic E-state index is 12.1. The molecule has 4 aromatic rings. The predicted octanol–water partition coefficient (Wildman–Crippen LogP) is 1.44. The van der Waals surface area contributed by atoms with Gasteiger partial charge in [0, 0.05) is 42.0 Å². The molecule has 26 heavy (non-hydrogen) atoms. The Hall–Kier alpha value is -3.55. The topological polar surface area (TPSA) is 109 Å². The van der Waals surface area contributed by atoms with Crippen molar-refractivity contribution >= 4 is 5.65 Å². The van der Waals surface area contributed by atoms with Gasteiger partial charge in [0.05, 0.1) is 11.3 Å². The molecule has 0 amide bonds. The Morgan fingerprint density at radius 2 is 2.04 bits per heavy atom. The van der Waals surface area contributed by atoms with Gasteiger partial charge in [-0.1, -0.05) is 6.07 Å². The number of hydrogen-bond acceptors (Lipinski definition) is 5. The van der Waals surface area contributed by atoms with Crippen LogP contribution in [-0.2, 0) is 0 Å². The zero-order valence-electron chi connectivity index (χ0n) is 13.6. The number of fused-ring (bicyclic) bond motifs is 1. The minimum atomic E-state index is -0.542. The van der Waals surface area contributed by atoms with Crippen LogP contribution in [0.3, 0.4) is 0 Å². The van der Waals surface area contributed by atoms with Gasteiger partial charge in [0.1, 0.15) is 0 Å². The molecule has 1 fully saturated rings. The summed E-state index contributed by atoms with van der Waals surface area (Å²) < 4.78 is 1.67. The molecule has 1 aliphatic carbocycles. The normalized spacial score (nSPS) is 18.9. The van der Waals surface area contributed by atoms with E-state index in [1.807, 2.05) is 24.3 Å². The highest BCUT2D eigenvalue weighted by Crippen LogP contribution is 2.54. The minimum Gasteiger partial charge on any atom is -0.313 e. The van der Waals surface area contributed by atoms with E-state index >= 15 is 0 Å². The monoisotopic (exact) mass is 346 g/mol. The van der Waals surface area contributed by atoms with Gasteiger partial charge in [0.25, 0.3) is 5.56 Å². The average molecular weight is 346 g/mol. The van der Waals surface area contributed by atoms with Crippen LogP contribution in [0.5, 0.6) is 0 Å².